The fourth-order valence-corrected chi connectivity index (χ4v) is 5.20. The summed E-state index contributed by atoms with van der Waals surface area (Å²) in [6.45, 7) is 3.19. The van der Waals surface area contributed by atoms with Crippen LogP contribution in [0, 0.1) is 11.8 Å². The molecule has 3 fully saturated rings. The van der Waals surface area contributed by atoms with Gasteiger partial charge in [-0.1, -0.05) is 48.0 Å². The number of fused-ring (bicyclic) bond motifs is 3. The Morgan fingerprint density at radius 3 is 2.46 bits per heavy atom. The number of benzene rings is 2. The number of aryl methyl sites for hydroxylation is 1. The van der Waals surface area contributed by atoms with Crippen LogP contribution in [-0.2, 0) is 12.0 Å². The molecule has 2 bridgehead atoms. The van der Waals surface area contributed by atoms with Gasteiger partial charge in [0.25, 0.3) is 0 Å². The lowest BCUT2D eigenvalue weighted by molar-refractivity contribution is -0.106. The largest absolute Gasteiger partial charge is 0.478 e. The first-order valence-electron chi connectivity index (χ1n) is 9.99. The van der Waals surface area contributed by atoms with Crippen LogP contribution in [0.15, 0.2) is 48.5 Å². The summed E-state index contributed by atoms with van der Waals surface area (Å²) in [6, 6.07) is 15.1. The van der Waals surface area contributed by atoms with E-state index in [1.165, 1.54) is 0 Å². The lowest BCUT2D eigenvalue weighted by Gasteiger charge is -2.51. The third kappa shape index (κ3) is 3.69. The van der Waals surface area contributed by atoms with Crippen molar-refractivity contribution in [2.24, 2.45) is 11.8 Å². The highest BCUT2D eigenvalue weighted by molar-refractivity contribution is 6.33. The highest BCUT2D eigenvalue weighted by Gasteiger charge is 2.47. The highest BCUT2D eigenvalue weighted by atomic mass is 35.5. The average Bonchev–Trinajstić information content (AvgIpc) is 2.74. The Morgan fingerprint density at radius 1 is 1.14 bits per heavy atom. The van der Waals surface area contributed by atoms with E-state index in [0.29, 0.717) is 18.8 Å². The normalized spacial score (nSPS) is 26.0. The maximum Gasteiger partial charge on any atom is 0.337 e. The van der Waals surface area contributed by atoms with Gasteiger partial charge in [-0.2, -0.15) is 0 Å². The van der Waals surface area contributed by atoms with Crippen LogP contribution in [0.4, 0.5) is 0 Å². The minimum Gasteiger partial charge on any atom is -0.478 e. The van der Waals surface area contributed by atoms with Crippen LogP contribution in [0.1, 0.15) is 40.7 Å². The van der Waals surface area contributed by atoms with Gasteiger partial charge in [0.1, 0.15) is 0 Å². The molecule has 2 aromatic rings. The zero-order valence-electron chi connectivity index (χ0n) is 15.9. The average molecular weight is 400 g/mol. The topological polar surface area (TPSA) is 60.8 Å². The van der Waals surface area contributed by atoms with Crippen molar-refractivity contribution in [1.82, 2.24) is 4.90 Å². The van der Waals surface area contributed by atoms with Crippen LogP contribution >= 0.6 is 11.6 Å². The molecular formula is C23H26ClNO3. The summed E-state index contributed by atoms with van der Waals surface area (Å²) in [5.41, 5.74) is 1.04. The second-order valence-electron chi connectivity index (χ2n) is 8.15. The van der Waals surface area contributed by atoms with Gasteiger partial charge in [0.2, 0.25) is 0 Å². The smallest absolute Gasteiger partial charge is 0.337 e. The fraction of sp³-hybridized carbons (Fsp3) is 0.435. The molecule has 3 aliphatic rings. The van der Waals surface area contributed by atoms with E-state index in [1.54, 1.807) is 12.1 Å². The van der Waals surface area contributed by atoms with Crippen LogP contribution in [0.2, 0.25) is 5.02 Å². The van der Waals surface area contributed by atoms with E-state index >= 15 is 0 Å². The number of rotatable bonds is 6. The Balaban J connectivity index is 1.62. The molecule has 0 spiro atoms. The van der Waals surface area contributed by atoms with Gasteiger partial charge in [-0.3, -0.25) is 0 Å². The van der Waals surface area contributed by atoms with Crippen LogP contribution in [0.3, 0.4) is 0 Å². The molecule has 2 N–H and O–H groups in total. The number of carboxylic acid groups (broad SMARTS) is 1. The summed E-state index contributed by atoms with van der Waals surface area (Å²) >= 11 is 6.01. The maximum atomic E-state index is 12.0. The quantitative estimate of drug-likeness (QED) is 0.764. The Bertz CT molecular complexity index is 848. The molecule has 3 aliphatic heterocycles. The Morgan fingerprint density at radius 2 is 1.86 bits per heavy atom. The van der Waals surface area contributed by atoms with Crippen molar-refractivity contribution in [1.29, 1.82) is 0 Å². The monoisotopic (exact) mass is 399 g/mol. The number of halogens is 1. The second kappa shape index (κ2) is 7.86. The molecule has 0 saturated carbocycles. The molecule has 3 heterocycles. The number of aliphatic hydroxyl groups is 1. The van der Waals surface area contributed by atoms with Crippen molar-refractivity contribution in [2.45, 2.75) is 31.3 Å². The number of nitrogens with zero attached hydrogens (tertiary/aromatic N) is 1. The number of piperidine rings is 3. The first-order chi connectivity index (χ1) is 13.5. The SMILES string of the molecule is O=C(O)c1cc(CCC(O)(c2ccccc2)C2CN3CCC2CC3)ccc1Cl. The molecule has 2 aromatic carbocycles. The highest BCUT2D eigenvalue weighted by Crippen LogP contribution is 2.45. The minimum atomic E-state index is -1.03. The lowest BCUT2D eigenvalue weighted by atomic mass is 9.66. The van der Waals surface area contributed by atoms with Gasteiger partial charge in [-0.15, -0.1) is 0 Å². The zero-order valence-corrected chi connectivity index (χ0v) is 16.6. The maximum absolute atomic E-state index is 12.0. The third-order valence-corrected chi connectivity index (χ3v) is 6.93. The van der Waals surface area contributed by atoms with Gasteiger partial charge in [-0.05, 0) is 68.0 Å². The van der Waals surface area contributed by atoms with Crippen molar-refractivity contribution in [3.8, 4) is 0 Å². The van der Waals surface area contributed by atoms with E-state index in [1.807, 2.05) is 36.4 Å². The first kappa shape index (κ1) is 19.4. The van der Waals surface area contributed by atoms with E-state index in [4.69, 9.17) is 11.6 Å². The Kier molecular flexibility index (Phi) is 5.46. The summed E-state index contributed by atoms with van der Waals surface area (Å²) in [4.78, 5) is 13.9. The van der Waals surface area contributed by atoms with Crippen molar-refractivity contribution >= 4 is 17.6 Å². The number of hydrogen-bond acceptors (Lipinski definition) is 3. The summed E-state index contributed by atoms with van der Waals surface area (Å²) in [5.74, 6) is -0.291. The molecule has 0 aliphatic carbocycles. The summed E-state index contributed by atoms with van der Waals surface area (Å²) < 4.78 is 0. The van der Waals surface area contributed by atoms with Crippen LogP contribution < -0.4 is 0 Å². The van der Waals surface area contributed by atoms with E-state index in [2.05, 4.69) is 4.90 Å². The predicted octanol–water partition coefficient (Wildman–Crippen LogP) is 4.20. The van der Waals surface area contributed by atoms with Crippen LogP contribution in [-0.4, -0.2) is 40.7 Å². The molecule has 2 atom stereocenters. The number of carboxylic acids is 1. The van der Waals surface area contributed by atoms with Gasteiger partial charge >= 0.3 is 5.97 Å². The Hall–Kier alpha value is -1.88. The number of aromatic carboxylic acids is 1. The van der Waals surface area contributed by atoms with E-state index in [0.717, 1.165) is 43.6 Å². The molecule has 0 aromatic heterocycles. The Labute approximate surface area is 170 Å². The molecular weight excluding hydrogens is 374 g/mol. The molecule has 4 nitrogen and oxygen atoms in total. The zero-order chi connectivity index (χ0) is 19.7. The minimum absolute atomic E-state index is 0.116. The van der Waals surface area contributed by atoms with Crippen LogP contribution in [0.25, 0.3) is 0 Å². The molecule has 5 heteroatoms. The summed E-state index contributed by atoms with van der Waals surface area (Å²) in [5, 5.41) is 21.5. The van der Waals surface area contributed by atoms with Gasteiger partial charge < -0.3 is 15.1 Å². The molecule has 28 heavy (non-hydrogen) atoms. The van der Waals surface area contributed by atoms with Gasteiger partial charge in [0.05, 0.1) is 16.2 Å². The van der Waals surface area contributed by atoms with Crippen molar-refractivity contribution in [3.05, 3.63) is 70.2 Å². The summed E-state index contributed by atoms with van der Waals surface area (Å²) in [7, 11) is 0. The fourth-order valence-electron chi connectivity index (χ4n) is 5.00. The third-order valence-electron chi connectivity index (χ3n) is 6.60. The molecule has 148 valence electrons. The second-order valence-corrected chi connectivity index (χ2v) is 8.56. The molecule has 2 unspecified atom stereocenters. The van der Waals surface area contributed by atoms with Crippen LogP contribution in [0.5, 0.6) is 0 Å². The number of hydrogen-bond donors (Lipinski definition) is 2. The van der Waals surface area contributed by atoms with E-state index in [9.17, 15) is 15.0 Å². The molecule has 5 rings (SSSR count). The van der Waals surface area contributed by atoms with E-state index < -0.39 is 11.6 Å². The molecule has 0 amide bonds. The molecule has 0 radical (unpaired) electrons. The van der Waals surface area contributed by atoms with Gasteiger partial charge in [0.15, 0.2) is 0 Å². The van der Waals surface area contributed by atoms with Gasteiger partial charge in [-0.25, -0.2) is 4.79 Å². The van der Waals surface area contributed by atoms with Crippen molar-refractivity contribution < 1.29 is 15.0 Å². The van der Waals surface area contributed by atoms with E-state index in [-0.39, 0.29) is 16.5 Å². The van der Waals surface area contributed by atoms with Crippen molar-refractivity contribution in [3.63, 3.8) is 0 Å². The number of carbonyl (C=O) groups is 1. The van der Waals surface area contributed by atoms with Gasteiger partial charge in [0, 0.05) is 12.5 Å². The van der Waals surface area contributed by atoms with Crippen molar-refractivity contribution in [2.75, 3.05) is 19.6 Å². The first-order valence-corrected chi connectivity index (χ1v) is 10.4. The lowest BCUT2D eigenvalue weighted by Crippen LogP contribution is -2.55. The molecule has 3 saturated heterocycles. The summed E-state index contributed by atoms with van der Waals surface area (Å²) in [6.07, 6.45) is 3.45. The standard InChI is InChI=1S/C23H26ClNO3/c24-21-7-6-16(14-19(21)22(26)27)8-11-23(28,18-4-2-1-3-5-18)20-15-25-12-9-17(20)10-13-25/h1-7,14,17,20,28H,8-13,15H2,(H,26,27). The predicted molar refractivity (Wildman–Crippen MR) is 110 cm³/mol.